The van der Waals surface area contributed by atoms with Crippen LogP contribution < -0.4 is 0 Å². The van der Waals surface area contributed by atoms with Gasteiger partial charge < -0.3 is 5.11 Å². The van der Waals surface area contributed by atoms with Gasteiger partial charge in [0, 0.05) is 3.57 Å². The Balaban J connectivity index is 3.02. The fourth-order valence-corrected chi connectivity index (χ4v) is 2.18. The van der Waals surface area contributed by atoms with E-state index < -0.39 is 11.9 Å². The lowest BCUT2D eigenvalue weighted by atomic mass is 9.99. The molecule has 0 saturated carbocycles. The van der Waals surface area contributed by atoms with Crippen molar-refractivity contribution in [3.8, 4) is 0 Å². The van der Waals surface area contributed by atoms with E-state index in [1.54, 1.807) is 6.92 Å². The van der Waals surface area contributed by atoms with Crippen LogP contribution >= 0.6 is 22.6 Å². The van der Waals surface area contributed by atoms with E-state index in [0.29, 0.717) is 0 Å². The van der Waals surface area contributed by atoms with Crippen molar-refractivity contribution >= 4 is 28.6 Å². The van der Waals surface area contributed by atoms with Crippen molar-refractivity contribution < 1.29 is 9.90 Å². The number of halogens is 1. The molecule has 0 radical (unpaired) electrons. The summed E-state index contributed by atoms with van der Waals surface area (Å²) in [4.78, 5) is 10.8. The second-order valence-electron chi connectivity index (χ2n) is 3.26. The summed E-state index contributed by atoms with van der Waals surface area (Å²) >= 11 is 2.25. The Hall–Kier alpha value is -0.580. The van der Waals surface area contributed by atoms with Crippen molar-refractivity contribution in [2.24, 2.45) is 0 Å². The quantitative estimate of drug-likeness (QED) is 0.872. The van der Waals surface area contributed by atoms with Gasteiger partial charge in [-0.3, -0.25) is 4.79 Å². The maximum Gasteiger partial charge on any atom is 0.310 e. The first kappa shape index (κ1) is 11.5. The van der Waals surface area contributed by atoms with Crippen LogP contribution in [-0.4, -0.2) is 11.1 Å². The molecule has 0 spiro atoms. The zero-order valence-electron chi connectivity index (χ0n) is 8.25. The fourth-order valence-electron chi connectivity index (χ4n) is 1.26. The van der Waals surface area contributed by atoms with Crippen LogP contribution in [0.3, 0.4) is 0 Å². The molecule has 14 heavy (non-hydrogen) atoms. The zero-order chi connectivity index (χ0) is 10.7. The molecule has 0 heterocycles. The summed E-state index contributed by atoms with van der Waals surface area (Å²) in [6.45, 7) is 3.80. The van der Waals surface area contributed by atoms with Gasteiger partial charge in [-0.05, 0) is 53.1 Å². The largest absolute Gasteiger partial charge is 0.481 e. The predicted octanol–water partition coefficient (Wildman–Crippen LogP) is 3.04. The Bertz CT molecular complexity index is 347. The first-order valence-corrected chi connectivity index (χ1v) is 5.65. The third kappa shape index (κ3) is 2.47. The van der Waals surface area contributed by atoms with Crippen molar-refractivity contribution in [3.63, 3.8) is 0 Å². The summed E-state index contributed by atoms with van der Waals surface area (Å²) in [7, 11) is 0. The molecule has 1 rings (SSSR count). The average molecular weight is 304 g/mol. The van der Waals surface area contributed by atoms with Crippen LogP contribution in [0.25, 0.3) is 0 Å². The van der Waals surface area contributed by atoms with Crippen LogP contribution in [0.4, 0.5) is 0 Å². The highest BCUT2D eigenvalue weighted by molar-refractivity contribution is 14.1. The lowest BCUT2D eigenvalue weighted by molar-refractivity contribution is -0.138. The monoisotopic (exact) mass is 304 g/mol. The average Bonchev–Trinajstić information content (AvgIpc) is 2.16. The molecular weight excluding hydrogens is 291 g/mol. The summed E-state index contributed by atoms with van der Waals surface area (Å²) in [5, 5.41) is 8.85. The van der Waals surface area contributed by atoms with Crippen molar-refractivity contribution in [1.29, 1.82) is 0 Å². The molecule has 0 aromatic heterocycles. The van der Waals surface area contributed by atoms with Gasteiger partial charge in [0.15, 0.2) is 0 Å². The SMILES string of the molecule is CCc1ccc(C(C)C(=O)O)cc1I. The first-order valence-electron chi connectivity index (χ1n) is 4.57. The van der Waals surface area contributed by atoms with E-state index in [0.717, 1.165) is 15.6 Å². The Morgan fingerprint density at radius 2 is 2.21 bits per heavy atom. The van der Waals surface area contributed by atoms with E-state index in [-0.39, 0.29) is 0 Å². The van der Waals surface area contributed by atoms with E-state index in [1.165, 1.54) is 5.56 Å². The molecule has 1 atom stereocenters. The Morgan fingerprint density at radius 3 is 2.64 bits per heavy atom. The normalized spacial score (nSPS) is 12.5. The molecule has 0 amide bonds. The first-order chi connectivity index (χ1) is 6.56. The molecule has 0 aliphatic rings. The third-order valence-corrected chi connectivity index (χ3v) is 3.33. The molecule has 0 saturated heterocycles. The standard InChI is InChI=1S/C11H13IO2/c1-3-8-4-5-9(6-10(8)12)7(2)11(13)14/h4-7H,3H2,1-2H3,(H,13,14). The minimum atomic E-state index is -0.773. The Labute approximate surface area is 97.5 Å². The second-order valence-corrected chi connectivity index (χ2v) is 4.43. The lowest BCUT2D eigenvalue weighted by Gasteiger charge is -2.09. The maximum atomic E-state index is 10.8. The zero-order valence-corrected chi connectivity index (χ0v) is 10.4. The summed E-state index contributed by atoms with van der Waals surface area (Å²) < 4.78 is 1.15. The molecule has 3 heteroatoms. The number of aliphatic carboxylic acids is 1. The third-order valence-electron chi connectivity index (χ3n) is 2.33. The number of rotatable bonds is 3. The number of carboxylic acids is 1. The van der Waals surface area contributed by atoms with Gasteiger partial charge in [0.1, 0.15) is 0 Å². The van der Waals surface area contributed by atoms with Crippen LogP contribution in [0.5, 0.6) is 0 Å². The van der Waals surface area contributed by atoms with Gasteiger partial charge in [-0.15, -0.1) is 0 Å². The molecule has 0 bridgehead atoms. The van der Waals surface area contributed by atoms with Crippen LogP contribution in [0.2, 0.25) is 0 Å². The van der Waals surface area contributed by atoms with Crippen LogP contribution in [0.1, 0.15) is 30.9 Å². The number of carboxylic acid groups (broad SMARTS) is 1. The fraction of sp³-hybridized carbons (Fsp3) is 0.364. The van der Waals surface area contributed by atoms with Gasteiger partial charge in [-0.25, -0.2) is 0 Å². The number of carbonyl (C=O) groups is 1. The Morgan fingerprint density at radius 1 is 1.57 bits per heavy atom. The predicted molar refractivity (Wildman–Crippen MR) is 64.6 cm³/mol. The molecule has 1 unspecified atom stereocenters. The van der Waals surface area contributed by atoms with Gasteiger partial charge in [0.2, 0.25) is 0 Å². The maximum absolute atomic E-state index is 10.8. The van der Waals surface area contributed by atoms with Gasteiger partial charge in [0.05, 0.1) is 5.92 Å². The van der Waals surface area contributed by atoms with Crippen molar-refractivity contribution in [3.05, 3.63) is 32.9 Å². The number of benzene rings is 1. The summed E-state index contributed by atoms with van der Waals surface area (Å²) in [5.41, 5.74) is 2.14. The minimum absolute atomic E-state index is 0.422. The molecular formula is C11H13IO2. The number of hydrogen-bond donors (Lipinski definition) is 1. The molecule has 1 aromatic carbocycles. The molecule has 76 valence electrons. The van der Waals surface area contributed by atoms with E-state index >= 15 is 0 Å². The van der Waals surface area contributed by atoms with Crippen molar-refractivity contribution in [2.75, 3.05) is 0 Å². The molecule has 1 aromatic rings. The summed E-state index contributed by atoms with van der Waals surface area (Å²) in [6.07, 6.45) is 0.986. The van der Waals surface area contributed by atoms with Crippen molar-refractivity contribution in [2.45, 2.75) is 26.2 Å². The second kappa shape index (κ2) is 4.77. The van der Waals surface area contributed by atoms with E-state index in [9.17, 15) is 4.79 Å². The van der Waals surface area contributed by atoms with Gasteiger partial charge in [-0.1, -0.05) is 19.1 Å². The molecule has 2 nitrogen and oxygen atoms in total. The summed E-state index contributed by atoms with van der Waals surface area (Å²) in [6, 6.07) is 5.87. The van der Waals surface area contributed by atoms with Crippen LogP contribution in [0, 0.1) is 3.57 Å². The topological polar surface area (TPSA) is 37.3 Å². The molecule has 1 N–H and O–H groups in total. The highest BCUT2D eigenvalue weighted by atomic mass is 127. The smallest absolute Gasteiger partial charge is 0.310 e. The van der Waals surface area contributed by atoms with Crippen LogP contribution in [-0.2, 0) is 11.2 Å². The van der Waals surface area contributed by atoms with E-state index in [2.05, 4.69) is 29.5 Å². The van der Waals surface area contributed by atoms with Gasteiger partial charge in [-0.2, -0.15) is 0 Å². The van der Waals surface area contributed by atoms with Gasteiger partial charge >= 0.3 is 5.97 Å². The molecule has 0 aliphatic carbocycles. The van der Waals surface area contributed by atoms with E-state index in [1.807, 2.05) is 18.2 Å². The highest BCUT2D eigenvalue weighted by Gasteiger charge is 2.14. The highest BCUT2D eigenvalue weighted by Crippen LogP contribution is 2.21. The number of hydrogen-bond acceptors (Lipinski definition) is 1. The van der Waals surface area contributed by atoms with E-state index in [4.69, 9.17) is 5.11 Å². The van der Waals surface area contributed by atoms with Crippen LogP contribution in [0.15, 0.2) is 18.2 Å². The minimum Gasteiger partial charge on any atom is -0.481 e. The molecule has 0 fully saturated rings. The summed E-state index contributed by atoms with van der Waals surface area (Å²) in [5.74, 6) is -1.19. The van der Waals surface area contributed by atoms with Crippen molar-refractivity contribution in [1.82, 2.24) is 0 Å². The van der Waals surface area contributed by atoms with Gasteiger partial charge in [0.25, 0.3) is 0 Å². The molecule has 0 aliphatic heterocycles. The number of aryl methyl sites for hydroxylation is 1. The Kier molecular flexibility index (Phi) is 3.92. The lowest BCUT2D eigenvalue weighted by Crippen LogP contribution is -2.07.